The molecule has 6 nitrogen and oxygen atoms in total. The van der Waals surface area contributed by atoms with E-state index in [4.69, 9.17) is 9.47 Å². The predicted molar refractivity (Wildman–Crippen MR) is 128 cm³/mol. The van der Waals surface area contributed by atoms with Crippen LogP contribution in [-0.4, -0.2) is 32.8 Å². The normalized spacial score (nSPS) is 16.1. The highest BCUT2D eigenvalue weighted by atomic mass is 79.9. The lowest BCUT2D eigenvalue weighted by Gasteiger charge is -2.23. The third-order valence-corrected chi connectivity index (χ3v) is 7.64. The Hall–Kier alpha value is -2.84. The number of sulfonamides is 1. The van der Waals surface area contributed by atoms with Gasteiger partial charge in [-0.15, -0.1) is 0 Å². The van der Waals surface area contributed by atoms with Gasteiger partial charge in [0.2, 0.25) is 0 Å². The van der Waals surface area contributed by atoms with Gasteiger partial charge in [-0.25, -0.2) is 0 Å². The molecule has 0 aliphatic carbocycles. The van der Waals surface area contributed by atoms with Crippen LogP contribution in [0.4, 0.5) is 0 Å². The fraction of sp³-hybridized carbons (Fsp3) is 0.208. The molecule has 0 bridgehead atoms. The molecule has 166 valence electrons. The number of aryl methyl sites for hydroxylation is 1. The van der Waals surface area contributed by atoms with E-state index in [0.717, 1.165) is 15.6 Å². The summed E-state index contributed by atoms with van der Waals surface area (Å²) in [4.78, 5) is 0.202. The molecule has 0 amide bonds. The van der Waals surface area contributed by atoms with Gasteiger partial charge in [0.15, 0.2) is 0 Å². The Labute approximate surface area is 196 Å². The largest absolute Gasteiger partial charge is 0.497 e. The number of rotatable bonds is 6. The van der Waals surface area contributed by atoms with E-state index in [-0.39, 0.29) is 4.90 Å². The van der Waals surface area contributed by atoms with Crippen molar-refractivity contribution >= 4 is 31.7 Å². The molecule has 8 heteroatoms. The van der Waals surface area contributed by atoms with Crippen LogP contribution in [0.25, 0.3) is 0 Å². The van der Waals surface area contributed by atoms with Crippen molar-refractivity contribution < 1.29 is 17.9 Å². The summed E-state index contributed by atoms with van der Waals surface area (Å²) in [6, 6.07) is 19.3. The van der Waals surface area contributed by atoms with Crippen LogP contribution in [0.15, 0.2) is 81.2 Å². The highest BCUT2D eigenvalue weighted by Crippen LogP contribution is 2.39. The molecular weight excluding hydrogens is 492 g/mol. The van der Waals surface area contributed by atoms with Crippen molar-refractivity contribution in [1.29, 1.82) is 0 Å². The Morgan fingerprint density at radius 2 is 1.66 bits per heavy atom. The molecule has 3 aromatic carbocycles. The number of nitrogens with zero attached hydrogens (tertiary/aromatic N) is 2. The van der Waals surface area contributed by atoms with E-state index in [9.17, 15) is 8.42 Å². The summed E-state index contributed by atoms with van der Waals surface area (Å²) >= 11 is 3.44. The van der Waals surface area contributed by atoms with Gasteiger partial charge >= 0.3 is 0 Å². The number of hydrazone groups is 1. The predicted octanol–water partition coefficient (Wildman–Crippen LogP) is 5.31. The molecule has 0 aromatic heterocycles. The molecule has 1 heterocycles. The van der Waals surface area contributed by atoms with Gasteiger partial charge in [0.1, 0.15) is 11.5 Å². The fourth-order valence-corrected chi connectivity index (χ4v) is 5.36. The molecule has 0 saturated carbocycles. The summed E-state index contributed by atoms with van der Waals surface area (Å²) < 4.78 is 40.2. The van der Waals surface area contributed by atoms with Crippen LogP contribution >= 0.6 is 15.9 Å². The molecule has 0 N–H and O–H groups in total. The van der Waals surface area contributed by atoms with Crippen LogP contribution < -0.4 is 9.47 Å². The lowest BCUT2D eigenvalue weighted by Crippen LogP contribution is -2.27. The van der Waals surface area contributed by atoms with Gasteiger partial charge in [-0.2, -0.15) is 17.9 Å². The number of benzene rings is 3. The maximum Gasteiger partial charge on any atom is 0.279 e. The van der Waals surface area contributed by atoms with Crippen LogP contribution in [0.2, 0.25) is 0 Å². The summed E-state index contributed by atoms with van der Waals surface area (Å²) in [6.45, 7) is 1.92. The van der Waals surface area contributed by atoms with Gasteiger partial charge in [-0.05, 0) is 55.0 Å². The van der Waals surface area contributed by atoms with Crippen LogP contribution in [0, 0.1) is 6.92 Å². The number of hydrogen-bond acceptors (Lipinski definition) is 5. The Morgan fingerprint density at radius 1 is 0.969 bits per heavy atom. The summed E-state index contributed by atoms with van der Waals surface area (Å²) in [5.41, 5.74) is 3.16. The van der Waals surface area contributed by atoms with E-state index in [1.807, 2.05) is 37.3 Å². The topological polar surface area (TPSA) is 68.2 Å². The minimum Gasteiger partial charge on any atom is -0.497 e. The minimum atomic E-state index is -3.88. The molecule has 1 aliphatic rings. The first kappa shape index (κ1) is 22.4. The van der Waals surface area contributed by atoms with E-state index in [2.05, 4.69) is 21.0 Å². The van der Waals surface area contributed by atoms with Gasteiger partial charge < -0.3 is 9.47 Å². The lowest BCUT2D eigenvalue weighted by atomic mass is 9.98. The zero-order chi connectivity index (χ0) is 22.9. The van der Waals surface area contributed by atoms with E-state index in [1.54, 1.807) is 50.6 Å². The molecular formula is C24H23BrN2O4S. The highest BCUT2D eigenvalue weighted by Gasteiger charge is 2.38. The maximum absolute atomic E-state index is 13.6. The molecule has 0 radical (unpaired) electrons. The second-order valence-corrected chi connectivity index (χ2v) is 10.2. The van der Waals surface area contributed by atoms with Gasteiger partial charge in [-0.1, -0.05) is 45.8 Å². The first-order valence-corrected chi connectivity index (χ1v) is 12.2. The SMILES string of the molecule is COc1ccc(OC)c(C2=NN(S(=O)(=O)c3ccc(C)cc3)[C@H](c3ccc(Br)cc3)C2)c1. The van der Waals surface area contributed by atoms with Crippen LogP contribution in [0.1, 0.15) is 29.2 Å². The number of hydrogen-bond donors (Lipinski definition) is 0. The van der Waals surface area contributed by atoms with E-state index < -0.39 is 16.1 Å². The zero-order valence-electron chi connectivity index (χ0n) is 17.9. The van der Waals surface area contributed by atoms with Crippen molar-refractivity contribution in [2.24, 2.45) is 5.10 Å². The fourth-order valence-electron chi connectivity index (χ4n) is 3.66. The molecule has 0 unspecified atom stereocenters. The second-order valence-electron chi connectivity index (χ2n) is 7.48. The van der Waals surface area contributed by atoms with Crippen LogP contribution in [0.3, 0.4) is 0 Å². The Kier molecular flexibility index (Phi) is 6.26. The first-order valence-electron chi connectivity index (χ1n) is 10.00. The number of methoxy groups -OCH3 is 2. The lowest BCUT2D eigenvalue weighted by molar-refractivity contribution is 0.371. The van der Waals surface area contributed by atoms with Gasteiger partial charge in [0.25, 0.3) is 10.0 Å². The maximum atomic E-state index is 13.6. The van der Waals surface area contributed by atoms with Crippen molar-refractivity contribution in [3.8, 4) is 11.5 Å². The van der Waals surface area contributed by atoms with Crippen molar-refractivity contribution in [2.45, 2.75) is 24.3 Å². The third kappa shape index (κ3) is 4.25. The average Bonchev–Trinajstić information content (AvgIpc) is 3.25. The molecule has 0 fully saturated rings. The van der Waals surface area contributed by atoms with Crippen LogP contribution in [-0.2, 0) is 10.0 Å². The Balaban J connectivity index is 1.84. The van der Waals surface area contributed by atoms with E-state index >= 15 is 0 Å². The smallest absolute Gasteiger partial charge is 0.279 e. The highest BCUT2D eigenvalue weighted by molar-refractivity contribution is 9.10. The van der Waals surface area contributed by atoms with Crippen molar-refractivity contribution in [1.82, 2.24) is 4.41 Å². The summed E-state index contributed by atoms with van der Waals surface area (Å²) in [5, 5.41) is 4.61. The molecule has 1 atom stereocenters. The van der Waals surface area contributed by atoms with E-state index in [0.29, 0.717) is 29.2 Å². The minimum absolute atomic E-state index is 0.202. The van der Waals surface area contributed by atoms with Gasteiger partial charge in [0, 0.05) is 16.5 Å². The summed E-state index contributed by atoms with van der Waals surface area (Å²) in [6.07, 6.45) is 0.399. The summed E-state index contributed by atoms with van der Waals surface area (Å²) in [5.74, 6) is 1.25. The second kappa shape index (κ2) is 8.96. The number of halogens is 1. The molecule has 32 heavy (non-hydrogen) atoms. The summed E-state index contributed by atoms with van der Waals surface area (Å²) in [7, 11) is -0.716. The molecule has 0 saturated heterocycles. The monoisotopic (exact) mass is 514 g/mol. The number of ether oxygens (including phenoxy) is 2. The van der Waals surface area contributed by atoms with Gasteiger partial charge in [-0.3, -0.25) is 0 Å². The van der Waals surface area contributed by atoms with Crippen molar-refractivity contribution in [2.75, 3.05) is 14.2 Å². The average molecular weight is 515 g/mol. The van der Waals surface area contributed by atoms with Gasteiger partial charge in [0.05, 0.1) is 30.9 Å². The Bertz CT molecular complexity index is 1260. The zero-order valence-corrected chi connectivity index (χ0v) is 20.4. The standard InChI is InChI=1S/C24H23BrN2O4S/c1-16-4-11-20(12-5-16)32(28,29)27-23(17-6-8-18(25)9-7-17)15-22(26-27)21-14-19(30-2)10-13-24(21)31-3/h4-14,23H,15H2,1-3H3/t23-/m0/s1. The molecule has 4 rings (SSSR count). The third-order valence-electron chi connectivity index (χ3n) is 5.41. The molecule has 3 aromatic rings. The van der Waals surface area contributed by atoms with Crippen molar-refractivity contribution in [3.05, 3.63) is 87.9 Å². The van der Waals surface area contributed by atoms with E-state index in [1.165, 1.54) is 4.41 Å². The first-order chi connectivity index (χ1) is 15.3. The van der Waals surface area contributed by atoms with Crippen LogP contribution in [0.5, 0.6) is 11.5 Å². The van der Waals surface area contributed by atoms with Crippen molar-refractivity contribution in [3.63, 3.8) is 0 Å². The molecule has 1 aliphatic heterocycles. The quantitative estimate of drug-likeness (QED) is 0.446. The molecule has 0 spiro atoms. The Morgan fingerprint density at radius 3 is 2.28 bits per heavy atom.